The second-order valence-electron chi connectivity index (χ2n) is 2.82. The van der Waals surface area contributed by atoms with Crippen LogP contribution in [0.4, 0.5) is 0 Å². The van der Waals surface area contributed by atoms with Gasteiger partial charge in [0.2, 0.25) is 0 Å². The number of benzene rings is 1. The molecular weight excluding hydrogens is 255 g/mol. The zero-order chi connectivity index (χ0) is 11.3. The molecule has 0 aliphatic carbocycles. The second kappa shape index (κ2) is 6.38. The molecule has 1 N–H and O–H groups in total. The Kier molecular flexibility index (Phi) is 5.47. The van der Waals surface area contributed by atoms with Gasteiger partial charge < -0.3 is 5.11 Å². The molecule has 0 saturated heterocycles. The lowest BCUT2D eigenvalue weighted by atomic mass is 10.1. The molecule has 0 aromatic heterocycles. The van der Waals surface area contributed by atoms with Gasteiger partial charge in [-0.2, -0.15) is 11.8 Å². The van der Waals surface area contributed by atoms with Gasteiger partial charge in [-0.15, -0.1) is 0 Å². The molecule has 0 atom stereocenters. The quantitative estimate of drug-likeness (QED) is 0.657. The van der Waals surface area contributed by atoms with E-state index in [4.69, 9.17) is 28.3 Å². The van der Waals surface area contributed by atoms with Gasteiger partial charge in [0.1, 0.15) is 0 Å². The van der Waals surface area contributed by atoms with Crippen LogP contribution < -0.4 is 0 Å². The SMILES string of the molecule is O=C(CSCCO)c1ccc(Cl)cc1Cl. The Morgan fingerprint density at radius 2 is 2.13 bits per heavy atom. The highest BCUT2D eigenvalue weighted by Crippen LogP contribution is 2.22. The molecule has 0 saturated carbocycles. The number of aliphatic hydroxyl groups is 1. The Labute approximate surface area is 103 Å². The number of halogens is 2. The van der Waals surface area contributed by atoms with Crippen LogP contribution in [-0.4, -0.2) is 29.0 Å². The number of hydrogen-bond acceptors (Lipinski definition) is 3. The first kappa shape index (κ1) is 12.8. The average molecular weight is 265 g/mol. The summed E-state index contributed by atoms with van der Waals surface area (Å²) in [6.07, 6.45) is 0. The van der Waals surface area contributed by atoms with E-state index in [1.165, 1.54) is 11.8 Å². The summed E-state index contributed by atoms with van der Waals surface area (Å²) in [7, 11) is 0. The van der Waals surface area contributed by atoms with Crippen LogP contribution in [0.5, 0.6) is 0 Å². The van der Waals surface area contributed by atoms with Crippen molar-refractivity contribution in [1.82, 2.24) is 0 Å². The van der Waals surface area contributed by atoms with Gasteiger partial charge >= 0.3 is 0 Å². The van der Waals surface area contributed by atoms with Crippen molar-refractivity contribution in [2.24, 2.45) is 0 Å². The number of carbonyl (C=O) groups excluding carboxylic acids is 1. The highest BCUT2D eigenvalue weighted by atomic mass is 35.5. The van der Waals surface area contributed by atoms with Gasteiger partial charge in [-0.1, -0.05) is 23.2 Å². The highest BCUT2D eigenvalue weighted by Gasteiger charge is 2.10. The smallest absolute Gasteiger partial charge is 0.174 e. The fourth-order valence-electron chi connectivity index (χ4n) is 1.02. The van der Waals surface area contributed by atoms with Crippen LogP contribution >= 0.6 is 35.0 Å². The summed E-state index contributed by atoms with van der Waals surface area (Å²) in [4.78, 5) is 11.6. The van der Waals surface area contributed by atoms with Gasteiger partial charge in [0.05, 0.1) is 17.4 Å². The number of hydrogen-bond donors (Lipinski definition) is 1. The average Bonchev–Trinajstić information content (AvgIpc) is 2.17. The van der Waals surface area contributed by atoms with Gasteiger partial charge in [-0.3, -0.25) is 4.79 Å². The molecule has 82 valence electrons. The summed E-state index contributed by atoms with van der Waals surface area (Å²) in [5.41, 5.74) is 0.478. The van der Waals surface area contributed by atoms with Crippen molar-refractivity contribution in [1.29, 1.82) is 0 Å². The Balaban J connectivity index is 2.65. The van der Waals surface area contributed by atoms with Crippen molar-refractivity contribution in [2.75, 3.05) is 18.1 Å². The van der Waals surface area contributed by atoms with Crippen LogP contribution in [0, 0.1) is 0 Å². The van der Waals surface area contributed by atoms with Crippen molar-refractivity contribution in [3.05, 3.63) is 33.8 Å². The molecule has 0 radical (unpaired) electrons. The Morgan fingerprint density at radius 1 is 1.40 bits per heavy atom. The fraction of sp³-hybridized carbons (Fsp3) is 0.300. The lowest BCUT2D eigenvalue weighted by molar-refractivity contribution is 0.102. The number of thioether (sulfide) groups is 1. The predicted octanol–water partition coefficient (Wildman–Crippen LogP) is 2.90. The van der Waals surface area contributed by atoms with E-state index in [1.807, 2.05) is 0 Å². The number of aliphatic hydroxyl groups excluding tert-OH is 1. The van der Waals surface area contributed by atoms with Crippen molar-refractivity contribution >= 4 is 40.7 Å². The topological polar surface area (TPSA) is 37.3 Å². The molecule has 5 heteroatoms. The van der Waals surface area contributed by atoms with Gasteiger partial charge in [0.15, 0.2) is 5.78 Å². The summed E-state index contributed by atoms with van der Waals surface area (Å²) in [6, 6.07) is 4.80. The summed E-state index contributed by atoms with van der Waals surface area (Å²) < 4.78 is 0. The Morgan fingerprint density at radius 3 is 2.73 bits per heavy atom. The fourth-order valence-corrected chi connectivity index (χ4v) is 2.15. The molecular formula is C10H10Cl2O2S. The van der Waals surface area contributed by atoms with Crippen molar-refractivity contribution in [3.63, 3.8) is 0 Å². The maximum absolute atomic E-state index is 11.6. The minimum atomic E-state index is -0.0462. The van der Waals surface area contributed by atoms with Crippen LogP contribution in [0.2, 0.25) is 10.0 Å². The molecule has 0 amide bonds. The van der Waals surface area contributed by atoms with E-state index in [1.54, 1.807) is 18.2 Å². The minimum Gasteiger partial charge on any atom is -0.396 e. The lowest BCUT2D eigenvalue weighted by Gasteiger charge is -2.03. The third kappa shape index (κ3) is 4.03. The van der Waals surface area contributed by atoms with Crippen LogP contribution in [0.25, 0.3) is 0 Å². The predicted molar refractivity (Wildman–Crippen MR) is 65.2 cm³/mol. The van der Waals surface area contributed by atoms with Crippen LogP contribution in [0.1, 0.15) is 10.4 Å². The van der Waals surface area contributed by atoms with E-state index in [9.17, 15) is 4.79 Å². The molecule has 0 bridgehead atoms. The lowest BCUT2D eigenvalue weighted by Crippen LogP contribution is -2.04. The molecule has 1 rings (SSSR count). The minimum absolute atomic E-state index is 0.0462. The third-order valence-electron chi connectivity index (χ3n) is 1.70. The van der Waals surface area contributed by atoms with E-state index in [0.29, 0.717) is 27.1 Å². The molecule has 0 spiro atoms. The normalized spacial score (nSPS) is 10.3. The zero-order valence-electron chi connectivity index (χ0n) is 7.87. The van der Waals surface area contributed by atoms with Crippen molar-refractivity contribution in [3.8, 4) is 0 Å². The molecule has 0 aliphatic rings. The molecule has 0 fully saturated rings. The second-order valence-corrected chi connectivity index (χ2v) is 4.77. The Bertz CT molecular complexity index is 355. The largest absolute Gasteiger partial charge is 0.396 e. The summed E-state index contributed by atoms with van der Waals surface area (Å²) in [5.74, 6) is 0.828. The van der Waals surface area contributed by atoms with Crippen LogP contribution in [-0.2, 0) is 0 Å². The zero-order valence-corrected chi connectivity index (χ0v) is 10.2. The number of ketones is 1. The van der Waals surface area contributed by atoms with Gasteiger partial charge in [0, 0.05) is 16.3 Å². The Hall–Kier alpha value is -0.220. The summed E-state index contributed by atoms with van der Waals surface area (Å²) in [5, 5.41) is 9.45. The maximum Gasteiger partial charge on any atom is 0.174 e. The number of Topliss-reactive ketones (excluding diaryl/α,β-unsaturated/α-hetero) is 1. The first-order chi connectivity index (χ1) is 7.15. The standard InChI is InChI=1S/C10H10Cl2O2S/c11-7-1-2-8(9(12)5-7)10(14)6-15-4-3-13/h1-2,5,13H,3-4,6H2. The van der Waals surface area contributed by atoms with E-state index in [2.05, 4.69) is 0 Å². The first-order valence-corrected chi connectivity index (χ1v) is 6.23. The number of carbonyl (C=O) groups is 1. The number of rotatable bonds is 5. The molecule has 1 aromatic carbocycles. The molecule has 0 heterocycles. The molecule has 1 aromatic rings. The van der Waals surface area contributed by atoms with Crippen LogP contribution in [0.3, 0.4) is 0 Å². The van der Waals surface area contributed by atoms with E-state index in [-0.39, 0.29) is 12.4 Å². The van der Waals surface area contributed by atoms with E-state index < -0.39 is 0 Å². The maximum atomic E-state index is 11.6. The molecule has 15 heavy (non-hydrogen) atoms. The summed E-state index contributed by atoms with van der Waals surface area (Å²) >= 11 is 13.0. The first-order valence-electron chi connectivity index (χ1n) is 4.32. The monoisotopic (exact) mass is 264 g/mol. The van der Waals surface area contributed by atoms with Gasteiger partial charge in [0.25, 0.3) is 0 Å². The molecule has 0 aliphatic heterocycles. The van der Waals surface area contributed by atoms with Crippen molar-refractivity contribution < 1.29 is 9.90 Å². The third-order valence-corrected chi connectivity index (χ3v) is 3.19. The van der Waals surface area contributed by atoms with Crippen molar-refractivity contribution in [2.45, 2.75) is 0 Å². The van der Waals surface area contributed by atoms with Gasteiger partial charge in [-0.05, 0) is 18.2 Å². The van der Waals surface area contributed by atoms with Gasteiger partial charge in [-0.25, -0.2) is 0 Å². The highest BCUT2D eigenvalue weighted by molar-refractivity contribution is 8.00. The van der Waals surface area contributed by atoms with E-state index in [0.717, 1.165) is 0 Å². The van der Waals surface area contributed by atoms with E-state index >= 15 is 0 Å². The molecule has 0 unspecified atom stereocenters. The molecule has 2 nitrogen and oxygen atoms in total. The summed E-state index contributed by atoms with van der Waals surface area (Å²) in [6.45, 7) is 0.0757. The van der Waals surface area contributed by atoms with Crippen LogP contribution in [0.15, 0.2) is 18.2 Å².